The largest absolute Gasteiger partial charge is 0.383 e. The number of benzene rings is 2. The zero-order valence-electron chi connectivity index (χ0n) is 14.7. The quantitative estimate of drug-likeness (QED) is 0.351. The second-order valence-electron chi connectivity index (χ2n) is 5.98. The van der Waals surface area contributed by atoms with Gasteiger partial charge in [-0.05, 0) is 31.2 Å². The third kappa shape index (κ3) is 6.30. The minimum Gasteiger partial charge on any atom is -0.383 e. The number of nitrogens with one attached hydrogen (secondary N) is 2. The highest BCUT2D eigenvalue weighted by Crippen LogP contribution is 2.15. The number of nitrogens with two attached hydrogens (primary N) is 1. The number of nitrogens with zero attached hydrogens (tertiary/aromatic N) is 1. The van der Waals surface area contributed by atoms with Crippen LogP contribution in [0, 0.1) is 21.7 Å². The lowest BCUT2D eigenvalue weighted by atomic mass is 10.1. The molecule has 0 aliphatic rings. The van der Waals surface area contributed by atoms with Crippen molar-refractivity contribution < 1.29 is 23.8 Å². The van der Waals surface area contributed by atoms with Crippen LogP contribution in [0.15, 0.2) is 42.5 Å². The fraction of sp³-hybridized carbons (Fsp3) is 0.278. The summed E-state index contributed by atoms with van der Waals surface area (Å²) in [6.45, 7) is 2.66. The summed E-state index contributed by atoms with van der Waals surface area (Å²) < 4.78 is 26.6. The highest BCUT2D eigenvalue weighted by Gasteiger charge is 2.15. The van der Waals surface area contributed by atoms with Crippen LogP contribution in [0.1, 0.15) is 18.5 Å². The first-order valence-corrected chi connectivity index (χ1v) is 8.40. The van der Waals surface area contributed by atoms with Crippen LogP contribution in [0.2, 0.25) is 0 Å². The molecule has 0 heterocycles. The molecule has 0 saturated carbocycles. The van der Waals surface area contributed by atoms with E-state index < -0.39 is 16.6 Å². The summed E-state index contributed by atoms with van der Waals surface area (Å²) in [5.74, 6) is -1.48. The maximum Gasteiger partial charge on any atom is 0.275 e. The maximum atomic E-state index is 13.7. The highest BCUT2D eigenvalue weighted by molar-refractivity contribution is 5.76. The number of carbonyl (C=O) groups excluding carboxylic acids is 1. The van der Waals surface area contributed by atoms with E-state index in [1.807, 2.05) is 0 Å². The van der Waals surface area contributed by atoms with E-state index in [2.05, 4.69) is 10.6 Å². The van der Waals surface area contributed by atoms with E-state index in [1.165, 1.54) is 24.3 Å². The molecule has 1 amide bonds. The van der Waals surface area contributed by atoms with E-state index in [-0.39, 0.29) is 24.2 Å². The molecular weight excluding hydrogens is 358 g/mol. The molecule has 0 fully saturated rings. The van der Waals surface area contributed by atoms with Crippen molar-refractivity contribution in [3.63, 3.8) is 0 Å². The topological polar surface area (TPSA) is 101 Å². The van der Waals surface area contributed by atoms with Crippen LogP contribution in [0.3, 0.4) is 0 Å². The first kappa shape index (κ1) is 20.2. The van der Waals surface area contributed by atoms with Gasteiger partial charge < -0.3 is 16.0 Å². The summed E-state index contributed by atoms with van der Waals surface area (Å²) in [7, 11) is 0. The molecule has 4 N–H and O–H groups in total. The Hall–Kier alpha value is -3.07. The Balaban J connectivity index is 1.68. The molecule has 7 nitrogen and oxygen atoms in total. The van der Waals surface area contributed by atoms with Crippen molar-refractivity contribution in [3.05, 3.63) is 69.8 Å². The summed E-state index contributed by atoms with van der Waals surface area (Å²) in [4.78, 5) is 22.0. The van der Waals surface area contributed by atoms with Crippen LogP contribution in [0.25, 0.3) is 0 Å². The number of rotatable bonds is 9. The summed E-state index contributed by atoms with van der Waals surface area (Å²) in [5, 5.41) is 18.0. The summed E-state index contributed by atoms with van der Waals surface area (Å²) >= 11 is 0. The van der Waals surface area contributed by atoms with Crippen molar-refractivity contribution >= 4 is 17.3 Å². The van der Waals surface area contributed by atoms with E-state index >= 15 is 0 Å². The molecule has 0 aliphatic carbocycles. The second kappa shape index (κ2) is 9.58. The number of quaternary nitrogens is 1. The van der Waals surface area contributed by atoms with E-state index in [0.717, 1.165) is 6.07 Å². The van der Waals surface area contributed by atoms with Crippen molar-refractivity contribution in [1.29, 1.82) is 0 Å². The molecule has 0 aliphatic heterocycles. The van der Waals surface area contributed by atoms with E-state index in [9.17, 15) is 23.7 Å². The van der Waals surface area contributed by atoms with Crippen LogP contribution in [-0.4, -0.2) is 30.5 Å². The van der Waals surface area contributed by atoms with Gasteiger partial charge in [0.05, 0.1) is 4.92 Å². The zero-order chi connectivity index (χ0) is 19.8. The number of nitro groups is 1. The van der Waals surface area contributed by atoms with Gasteiger partial charge in [0.15, 0.2) is 6.54 Å². The lowest BCUT2D eigenvalue weighted by Crippen LogP contribution is -2.87. The molecule has 0 unspecified atom stereocenters. The lowest BCUT2D eigenvalue weighted by Gasteiger charge is -2.12. The van der Waals surface area contributed by atoms with Crippen molar-refractivity contribution in [1.82, 2.24) is 5.32 Å². The minimum absolute atomic E-state index is 0.0103. The Labute approximate surface area is 154 Å². The molecule has 2 aromatic carbocycles. The minimum atomic E-state index is -0.637. The smallest absolute Gasteiger partial charge is 0.275 e. The van der Waals surface area contributed by atoms with Crippen LogP contribution < -0.4 is 16.0 Å². The third-order valence-electron chi connectivity index (χ3n) is 3.96. The fourth-order valence-electron chi connectivity index (χ4n) is 2.46. The van der Waals surface area contributed by atoms with Gasteiger partial charge in [-0.15, -0.1) is 0 Å². The Morgan fingerprint density at radius 3 is 2.52 bits per heavy atom. The van der Waals surface area contributed by atoms with Gasteiger partial charge in [-0.3, -0.25) is 14.9 Å². The molecular formula is C18H21F2N4O3+. The van der Waals surface area contributed by atoms with Crippen molar-refractivity contribution in [3.8, 4) is 0 Å². The number of halogens is 2. The standard InChI is InChI=1S/C18H20F2N4O3/c1-12(16-7-2-13(19)10-17(16)20)23-11-18(25)22-9-8-21-14-3-5-15(6-4-14)24(26)27/h2-7,10,12,21,23H,8-9,11H2,1H3,(H,22,25)/p+1/t12-/m1/s1. The molecule has 0 radical (unpaired) electrons. The molecule has 0 bridgehead atoms. The normalized spacial score (nSPS) is 11.7. The number of amides is 1. The van der Waals surface area contributed by atoms with Crippen LogP contribution in [-0.2, 0) is 4.79 Å². The average molecular weight is 379 g/mol. The molecule has 0 saturated heterocycles. The molecule has 2 aromatic rings. The predicted octanol–water partition coefficient (Wildman–Crippen LogP) is 1.73. The molecule has 144 valence electrons. The summed E-state index contributed by atoms with van der Waals surface area (Å²) in [5.41, 5.74) is 1.06. The average Bonchev–Trinajstić information content (AvgIpc) is 2.63. The van der Waals surface area contributed by atoms with Gasteiger partial charge in [-0.25, -0.2) is 8.78 Å². The maximum absolute atomic E-state index is 13.7. The second-order valence-corrected chi connectivity index (χ2v) is 5.98. The SMILES string of the molecule is C[C@@H]([NH2+]CC(=O)NCCNc1ccc([N+](=O)[O-])cc1)c1ccc(F)cc1F. The van der Waals surface area contributed by atoms with Crippen LogP contribution >= 0.6 is 0 Å². The zero-order valence-corrected chi connectivity index (χ0v) is 14.7. The first-order valence-electron chi connectivity index (χ1n) is 8.40. The molecule has 2 rings (SSSR count). The Bertz CT molecular complexity index is 800. The van der Waals surface area contributed by atoms with E-state index in [4.69, 9.17) is 0 Å². The Kier molecular flexibility index (Phi) is 7.18. The van der Waals surface area contributed by atoms with Crippen molar-refractivity contribution in [2.45, 2.75) is 13.0 Å². The van der Waals surface area contributed by atoms with E-state index in [1.54, 1.807) is 24.4 Å². The van der Waals surface area contributed by atoms with Gasteiger partial charge in [0, 0.05) is 42.5 Å². The number of hydrogen-bond acceptors (Lipinski definition) is 4. The highest BCUT2D eigenvalue weighted by atomic mass is 19.1. The van der Waals surface area contributed by atoms with Gasteiger partial charge in [0.1, 0.15) is 17.7 Å². The molecule has 1 atom stereocenters. The molecule has 9 heteroatoms. The van der Waals surface area contributed by atoms with Crippen LogP contribution in [0.4, 0.5) is 20.2 Å². The fourth-order valence-corrected chi connectivity index (χ4v) is 2.46. The number of nitro benzene ring substituents is 1. The van der Waals surface area contributed by atoms with Crippen LogP contribution in [0.5, 0.6) is 0 Å². The van der Waals surface area contributed by atoms with Gasteiger partial charge in [0.25, 0.3) is 11.6 Å². The molecule has 0 aromatic heterocycles. The van der Waals surface area contributed by atoms with E-state index in [0.29, 0.717) is 24.3 Å². The number of non-ortho nitro benzene ring substituents is 1. The first-order chi connectivity index (χ1) is 12.9. The van der Waals surface area contributed by atoms with Gasteiger partial charge in [0.2, 0.25) is 0 Å². The van der Waals surface area contributed by atoms with Gasteiger partial charge >= 0.3 is 0 Å². The Morgan fingerprint density at radius 1 is 1.19 bits per heavy atom. The summed E-state index contributed by atoms with van der Waals surface area (Å²) in [6, 6.07) is 9.03. The number of anilines is 1. The molecule has 0 spiro atoms. The number of carbonyl (C=O) groups is 1. The monoisotopic (exact) mass is 379 g/mol. The molecule has 27 heavy (non-hydrogen) atoms. The third-order valence-corrected chi connectivity index (χ3v) is 3.96. The van der Waals surface area contributed by atoms with Crippen molar-refractivity contribution in [2.75, 3.05) is 25.0 Å². The van der Waals surface area contributed by atoms with Gasteiger partial charge in [-0.1, -0.05) is 0 Å². The number of hydrogen-bond donors (Lipinski definition) is 3. The van der Waals surface area contributed by atoms with Crippen molar-refractivity contribution in [2.24, 2.45) is 0 Å². The predicted molar refractivity (Wildman–Crippen MR) is 96.2 cm³/mol. The lowest BCUT2D eigenvalue weighted by molar-refractivity contribution is -0.682. The summed E-state index contributed by atoms with van der Waals surface area (Å²) in [6.07, 6.45) is 0. The van der Waals surface area contributed by atoms with Gasteiger partial charge in [-0.2, -0.15) is 0 Å². The Morgan fingerprint density at radius 2 is 1.89 bits per heavy atom.